The van der Waals surface area contributed by atoms with Crippen LogP contribution in [-0.4, -0.2) is 24.5 Å². The number of carbonyl (C=O) groups is 2. The van der Waals surface area contributed by atoms with Crippen molar-refractivity contribution in [3.63, 3.8) is 0 Å². The van der Waals surface area contributed by atoms with E-state index in [1.54, 1.807) is 24.5 Å². The lowest BCUT2D eigenvalue weighted by Gasteiger charge is -1.98. The van der Waals surface area contributed by atoms with Crippen molar-refractivity contribution in [2.75, 3.05) is 0 Å². The predicted molar refractivity (Wildman–Crippen MR) is 97.8 cm³/mol. The van der Waals surface area contributed by atoms with Crippen LogP contribution in [0.1, 0.15) is 5.76 Å². The zero-order valence-electron chi connectivity index (χ0n) is 12.8. The summed E-state index contributed by atoms with van der Waals surface area (Å²) >= 11 is 1.80. The van der Waals surface area contributed by atoms with Crippen molar-refractivity contribution in [3.8, 4) is 10.4 Å². The highest BCUT2D eigenvalue weighted by molar-refractivity contribution is 8.18. The van der Waals surface area contributed by atoms with Gasteiger partial charge in [-0.05, 0) is 30.0 Å². The van der Waals surface area contributed by atoms with Gasteiger partial charge < -0.3 is 4.42 Å². The highest BCUT2D eigenvalue weighted by Gasteiger charge is 2.25. The van der Waals surface area contributed by atoms with Gasteiger partial charge in [0.1, 0.15) is 15.6 Å². The Bertz CT molecular complexity index is 1210. The first-order valence-electron chi connectivity index (χ1n) is 7.07. The third kappa shape index (κ3) is 3.05. The standard InChI is InChI=1S/C15H9N3O5S3/c16-26(21,22)12-2-1-10(24-12)9-6-17-5-7-3-8(23-13(7)9)4-11-14(19)18-15(20)25-11/h1-6H,(H2,16,21,22)(H,18,19,20). The first kappa shape index (κ1) is 17.0. The van der Waals surface area contributed by atoms with Gasteiger partial charge in [0, 0.05) is 28.7 Å². The quantitative estimate of drug-likeness (QED) is 0.638. The molecule has 3 aromatic heterocycles. The number of rotatable bonds is 3. The molecule has 1 aliphatic rings. The number of thiophene rings is 1. The normalized spacial score (nSPS) is 16.6. The van der Waals surface area contributed by atoms with Crippen molar-refractivity contribution in [1.82, 2.24) is 10.3 Å². The molecule has 11 heteroatoms. The number of sulfonamides is 1. The SMILES string of the molecule is NS(=O)(=O)c1ccc(-c2cncc3cc(C=C4SC(=O)NC4=O)oc23)s1. The van der Waals surface area contributed by atoms with Crippen LogP contribution < -0.4 is 10.5 Å². The molecule has 132 valence electrons. The molecular formula is C15H9N3O5S3. The molecule has 4 heterocycles. The number of pyridine rings is 1. The summed E-state index contributed by atoms with van der Waals surface area (Å²) in [4.78, 5) is 27.9. The summed E-state index contributed by atoms with van der Waals surface area (Å²) in [5.74, 6) is -0.0975. The van der Waals surface area contributed by atoms with Gasteiger partial charge in [0.15, 0.2) is 0 Å². The van der Waals surface area contributed by atoms with Gasteiger partial charge in [-0.1, -0.05) is 0 Å². The molecule has 0 radical (unpaired) electrons. The van der Waals surface area contributed by atoms with Gasteiger partial charge >= 0.3 is 0 Å². The van der Waals surface area contributed by atoms with Crippen LogP contribution in [-0.2, 0) is 14.8 Å². The Morgan fingerprint density at radius 2 is 2.04 bits per heavy atom. The Hall–Kier alpha value is -2.47. The minimum absolute atomic E-state index is 0.0379. The minimum atomic E-state index is -3.79. The molecule has 0 saturated carbocycles. The molecule has 8 nitrogen and oxygen atoms in total. The van der Waals surface area contributed by atoms with Gasteiger partial charge in [-0.3, -0.25) is 19.9 Å². The number of hydrogen-bond donors (Lipinski definition) is 2. The third-order valence-electron chi connectivity index (χ3n) is 3.48. The lowest BCUT2D eigenvalue weighted by atomic mass is 10.2. The maximum absolute atomic E-state index is 11.6. The number of nitrogens with one attached hydrogen (secondary N) is 1. The maximum Gasteiger partial charge on any atom is 0.290 e. The predicted octanol–water partition coefficient (Wildman–Crippen LogP) is 2.53. The second-order valence-corrected chi connectivity index (χ2v) is 9.16. The van der Waals surface area contributed by atoms with Gasteiger partial charge in [0.25, 0.3) is 11.1 Å². The fraction of sp³-hybridized carbons (Fsp3) is 0. The molecule has 0 aromatic carbocycles. The Balaban J connectivity index is 1.79. The summed E-state index contributed by atoms with van der Waals surface area (Å²) in [5.41, 5.74) is 1.09. The van der Waals surface area contributed by atoms with Gasteiger partial charge in [-0.15, -0.1) is 11.3 Å². The Morgan fingerprint density at radius 1 is 1.23 bits per heavy atom. The van der Waals surface area contributed by atoms with Gasteiger partial charge in [0.2, 0.25) is 10.0 Å². The molecule has 4 rings (SSSR count). The van der Waals surface area contributed by atoms with Crippen molar-refractivity contribution in [2.24, 2.45) is 5.14 Å². The van der Waals surface area contributed by atoms with Crippen LogP contribution >= 0.6 is 23.1 Å². The second-order valence-electron chi connectivity index (χ2n) is 5.27. The van der Waals surface area contributed by atoms with E-state index >= 15 is 0 Å². The highest BCUT2D eigenvalue weighted by Crippen LogP contribution is 2.36. The van der Waals surface area contributed by atoms with E-state index in [0.29, 0.717) is 27.2 Å². The molecule has 0 atom stereocenters. The fourth-order valence-corrected chi connectivity index (χ4v) is 4.80. The summed E-state index contributed by atoms with van der Waals surface area (Å²) in [6, 6.07) is 4.73. The average Bonchev–Trinajstić information content (AvgIpc) is 3.25. The van der Waals surface area contributed by atoms with Crippen molar-refractivity contribution in [3.05, 3.63) is 41.3 Å². The van der Waals surface area contributed by atoms with Crippen LogP contribution in [0.25, 0.3) is 27.5 Å². The number of carbonyl (C=O) groups excluding carboxylic acids is 2. The highest BCUT2D eigenvalue weighted by atomic mass is 32.2. The first-order chi connectivity index (χ1) is 12.3. The average molecular weight is 407 g/mol. The summed E-state index contributed by atoms with van der Waals surface area (Å²) in [6.07, 6.45) is 4.62. The minimum Gasteiger partial charge on any atom is -0.456 e. The Kier molecular flexibility index (Phi) is 3.95. The number of thioether (sulfide) groups is 1. The molecular weight excluding hydrogens is 398 g/mol. The van der Waals surface area contributed by atoms with Gasteiger partial charge in [-0.2, -0.15) is 0 Å². The lowest BCUT2D eigenvalue weighted by molar-refractivity contribution is -0.115. The number of amides is 2. The Morgan fingerprint density at radius 3 is 2.69 bits per heavy atom. The summed E-state index contributed by atoms with van der Waals surface area (Å²) in [6.45, 7) is 0. The zero-order valence-corrected chi connectivity index (χ0v) is 15.2. The summed E-state index contributed by atoms with van der Waals surface area (Å²) < 4.78 is 28.8. The molecule has 26 heavy (non-hydrogen) atoms. The fourth-order valence-electron chi connectivity index (χ4n) is 2.40. The topological polar surface area (TPSA) is 132 Å². The molecule has 0 unspecified atom stereocenters. The van der Waals surface area contributed by atoms with Crippen molar-refractivity contribution in [1.29, 1.82) is 0 Å². The summed E-state index contributed by atoms with van der Waals surface area (Å²) in [7, 11) is -3.79. The maximum atomic E-state index is 11.6. The molecule has 3 N–H and O–H groups in total. The van der Waals surface area contributed by atoms with Gasteiger partial charge in [0.05, 0.1) is 10.5 Å². The van der Waals surface area contributed by atoms with E-state index in [1.807, 2.05) is 0 Å². The van der Waals surface area contributed by atoms with Crippen LogP contribution in [0.15, 0.2) is 44.1 Å². The number of nitrogens with zero attached hydrogens (tertiary/aromatic N) is 1. The number of nitrogens with two attached hydrogens (primary N) is 1. The van der Waals surface area contributed by atoms with E-state index in [2.05, 4.69) is 10.3 Å². The van der Waals surface area contributed by atoms with Crippen LogP contribution in [0.4, 0.5) is 4.79 Å². The van der Waals surface area contributed by atoms with Crippen LogP contribution in [0.3, 0.4) is 0 Å². The lowest BCUT2D eigenvalue weighted by Crippen LogP contribution is -2.17. The molecule has 0 aliphatic carbocycles. The number of primary sulfonamides is 1. The molecule has 3 aromatic rings. The van der Waals surface area contributed by atoms with Crippen molar-refractivity contribution < 1.29 is 22.4 Å². The second kappa shape index (κ2) is 6.06. The third-order valence-corrected chi connectivity index (χ3v) is 6.85. The first-order valence-corrected chi connectivity index (χ1v) is 10.2. The molecule has 2 amide bonds. The van der Waals surface area contributed by atoms with E-state index < -0.39 is 21.2 Å². The largest absolute Gasteiger partial charge is 0.456 e. The van der Waals surface area contributed by atoms with Crippen LogP contribution in [0, 0.1) is 0 Å². The zero-order chi connectivity index (χ0) is 18.5. The number of furan rings is 1. The number of fused-ring (bicyclic) bond motifs is 1. The number of imide groups is 1. The monoisotopic (exact) mass is 407 g/mol. The van der Waals surface area contributed by atoms with Gasteiger partial charge in [-0.25, -0.2) is 13.6 Å². The number of hydrogen-bond acceptors (Lipinski definition) is 8. The van der Waals surface area contributed by atoms with E-state index in [9.17, 15) is 18.0 Å². The van der Waals surface area contributed by atoms with E-state index in [1.165, 1.54) is 12.1 Å². The van der Waals surface area contributed by atoms with E-state index in [4.69, 9.17) is 9.56 Å². The molecule has 1 aliphatic heterocycles. The van der Waals surface area contributed by atoms with E-state index in [-0.39, 0.29) is 9.11 Å². The molecule has 0 bridgehead atoms. The van der Waals surface area contributed by atoms with Crippen LogP contribution in [0.2, 0.25) is 0 Å². The number of aromatic nitrogens is 1. The van der Waals surface area contributed by atoms with Crippen molar-refractivity contribution >= 4 is 61.3 Å². The summed E-state index contributed by atoms with van der Waals surface area (Å²) in [5, 5.41) is 7.56. The van der Waals surface area contributed by atoms with E-state index in [0.717, 1.165) is 23.1 Å². The molecule has 0 spiro atoms. The smallest absolute Gasteiger partial charge is 0.290 e. The molecule has 1 fully saturated rings. The van der Waals surface area contributed by atoms with Crippen LogP contribution in [0.5, 0.6) is 0 Å². The molecule has 1 saturated heterocycles. The van der Waals surface area contributed by atoms with Crippen molar-refractivity contribution in [2.45, 2.75) is 4.21 Å². The Labute approximate surface area is 155 Å².